The van der Waals surface area contributed by atoms with E-state index in [1.165, 1.54) is 12.4 Å². The Morgan fingerprint density at radius 1 is 1.30 bits per heavy atom. The van der Waals surface area contributed by atoms with Gasteiger partial charge in [0, 0.05) is 15.7 Å². The van der Waals surface area contributed by atoms with Gasteiger partial charge in [-0.15, -0.1) is 0 Å². The average molecular weight is 450 g/mol. The minimum Gasteiger partial charge on any atom is -0.492 e. The molecule has 138 valence electrons. The molecule has 1 N–H and O–H groups in total. The minimum absolute atomic E-state index is 0.313. The van der Waals surface area contributed by atoms with E-state index in [4.69, 9.17) is 16.3 Å². The maximum Gasteiger partial charge on any atom is 0.226 e. The summed E-state index contributed by atoms with van der Waals surface area (Å²) >= 11 is 9.73. The van der Waals surface area contributed by atoms with Crippen LogP contribution in [0.1, 0.15) is 24.1 Å². The Bertz CT molecular complexity index is 1040. The first-order valence-corrected chi connectivity index (χ1v) is 9.50. The van der Waals surface area contributed by atoms with Gasteiger partial charge in [-0.2, -0.15) is 10.1 Å². The van der Waals surface area contributed by atoms with Crippen LogP contribution in [0.3, 0.4) is 0 Å². The highest BCUT2D eigenvalue weighted by Crippen LogP contribution is 2.36. The monoisotopic (exact) mass is 448 g/mol. The highest BCUT2D eigenvalue weighted by molar-refractivity contribution is 9.10. The molecule has 1 aliphatic heterocycles. The Morgan fingerprint density at radius 2 is 2.15 bits per heavy atom. The van der Waals surface area contributed by atoms with Gasteiger partial charge in [-0.05, 0) is 55.0 Å². The Kier molecular flexibility index (Phi) is 4.88. The summed E-state index contributed by atoms with van der Waals surface area (Å²) in [5.74, 6) is 0.839. The van der Waals surface area contributed by atoms with Crippen molar-refractivity contribution in [1.29, 1.82) is 0 Å². The molecule has 3 aromatic rings. The topological polar surface area (TPSA) is 52.0 Å². The summed E-state index contributed by atoms with van der Waals surface area (Å²) in [5, 5.41) is 7.97. The van der Waals surface area contributed by atoms with Crippen molar-refractivity contribution >= 4 is 39.2 Å². The third-order valence-electron chi connectivity index (χ3n) is 4.23. The average Bonchev–Trinajstić information content (AvgIpc) is 3.13. The molecule has 0 aliphatic carbocycles. The van der Waals surface area contributed by atoms with Crippen LogP contribution in [0.4, 0.5) is 10.3 Å². The second-order valence-electron chi connectivity index (χ2n) is 5.92. The molecule has 2 aromatic carbocycles. The molecular formula is C19H15BrClFN4O. The predicted molar refractivity (Wildman–Crippen MR) is 106 cm³/mol. The lowest BCUT2D eigenvalue weighted by Crippen LogP contribution is -2.21. The number of aromatic nitrogens is 3. The first-order chi connectivity index (χ1) is 13.1. The lowest BCUT2D eigenvalue weighted by molar-refractivity contribution is 0.340. The molecule has 1 aromatic heterocycles. The standard InChI is InChI=1S/C19H15BrClFN4O/c1-2-27-18-6-3-11(7-14(18)21)16-9-17(26-19(25-16)23-10-24-26)13-8-12(20)4-5-15(13)22/h3-10,17H,2H2,1H3,(H,23,24,25). The number of allylic oxidation sites excluding steroid dienone is 1. The van der Waals surface area contributed by atoms with Crippen LogP contribution in [0.5, 0.6) is 5.75 Å². The number of benzene rings is 2. The van der Waals surface area contributed by atoms with Crippen molar-refractivity contribution in [3.63, 3.8) is 0 Å². The van der Waals surface area contributed by atoms with Crippen LogP contribution in [0.2, 0.25) is 5.02 Å². The molecular weight excluding hydrogens is 435 g/mol. The predicted octanol–water partition coefficient (Wildman–Crippen LogP) is 5.29. The molecule has 2 heterocycles. The third kappa shape index (κ3) is 3.44. The van der Waals surface area contributed by atoms with E-state index in [1.807, 2.05) is 31.2 Å². The molecule has 0 amide bonds. The largest absolute Gasteiger partial charge is 0.492 e. The van der Waals surface area contributed by atoms with E-state index in [2.05, 4.69) is 31.3 Å². The summed E-state index contributed by atoms with van der Waals surface area (Å²) < 4.78 is 22.4. The van der Waals surface area contributed by atoms with Crippen LogP contribution < -0.4 is 10.1 Å². The van der Waals surface area contributed by atoms with Crippen molar-refractivity contribution in [1.82, 2.24) is 14.8 Å². The van der Waals surface area contributed by atoms with Gasteiger partial charge in [0.2, 0.25) is 5.95 Å². The highest BCUT2D eigenvalue weighted by atomic mass is 79.9. The van der Waals surface area contributed by atoms with Gasteiger partial charge in [0.1, 0.15) is 23.9 Å². The fourth-order valence-electron chi connectivity index (χ4n) is 3.01. The van der Waals surface area contributed by atoms with Crippen molar-refractivity contribution in [2.24, 2.45) is 0 Å². The van der Waals surface area contributed by atoms with Crippen molar-refractivity contribution in [2.75, 3.05) is 11.9 Å². The van der Waals surface area contributed by atoms with E-state index in [0.29, 0.717) is 28.9 Å². The Morgan fingerprint density at radius 3 is 2.93 bits per heavy atom. The van der Waals surface area contributed by atoms with Crippen LogP contribution >= 0.6 is 27.5 Å². The number of hydrogen-bond donors (Lipinski definition) is 1. The van der Waals surface area contributed by atoms with E-state index in [9.17, 15) is 4.39 Å². The van der Waals surface area contributed by atoms with Gasteiger partial charge in [0.15, 0.2) is 0 Å². The second-order valence-corrected chi connectivity index (χ2v) is 7.25. The number of ether oxygens (including phenoxy) is 1. The van der Waals surface area contributed by atoms with Crippen molar-refractivity contribution in [2.45, 2.75) is 13.0 Å². The zero-order valence-corrected chi connectivity index (χ0v) is 16.6. The number of rotatable bonds is 4. The van der Waals surface area contributed by atoms with E-state index >= 15 is 0 Å². The van der Waals surface area contributed by atoms with Gasteiger partial charge in [-0.25, -0.2) is 9.07 Å². The summed E-state index contributed by atoms with van der Waals surface area (Å²) in [6, 6.07) is 9.93. The van der Waals surface area contributed by atoms with Crippen LogP contribution in [0.25, 0.3) is 5.70 Å². The Balaban J connectivity index is 1.79. The van der Waals surface area contributed by atoms with Gasteiger partial charge in [0.05, 0.1) is 11.6 Å². The number of nitrogens with one attached hydrogen (secondary N) is 1. The van der Waals surface area contributed by atoms with Crippen LogP contribution in [-0.2, 0) is 0 Å². The fraction of sp³-hybridized carbons (Fsp3) is 0.158. The van der Waals surface area contributed by atoms with Crippen LogP contribution in [0, 0.1) is 5.82 Å². The molecule has 0 saturated carbocycles. The number of anilines is 1. The Hall–Kier alpha value is -2.38. The molecule has 4 rings (SSSR count). The molecule has 0 bridgehead atoms. The molecule has 1 unspecified atom stereocenters. The summed E-state index contributed by atoms with van der Waals surface area (Å²) in [4.78, 5) is 4.24. The number of hydrogen-bond acceptors (Lipinski definition) is 4. The Labute approximate surface area is 169 Å². The number of halogens is 3. The minimum atomic E-state index is -0.443. The summed E-state index contributed by atoms with van der Waals surface area (Å²) in [6.07, 6.45) is 3.34. The van der Waals surface area contributed by atoms with Crippen LogP contribution in [0.15, 0.2) is 53.3 Å². The summed E-state index contributed by atoms with van der Waals surface area (Å²) in [7, 11) is 0. The third-order valence-corrected chi connectivity index (χ3v) is 5.02. The van der Waals surface area contributed by atoms with Crippen molar-refractivity contribution in [3.8, 4) is 5.75 Å². The van der Waals surface area contributed by atoms with E-state index in [0.717, 1.165) is 15.7 Å². The summed E-state index contributed by atoms with van der Waals surface area (Å²) in [5.41, 5.74) is 2.11. The van der Waals surface area contributed by atoms with Crippen molar-refractivity contribution in [3.05, 3.63) is 75.2 Å². The fourth-order valence-corrected chi connectivity index (χ4v) is 3.62. The lowest BCUT2D eigenvalue weighted by atomic mass is 10.0. The lowest BCUT2D eigenvalue weighted by Gasteiger charge is -2.25. The van der Waals surface area contributed by atoms with E-state index in [-0.39, 0.29) is 5.82 Å². The molecule has 0 saturated heterocycles. The van der Waals surface area contributed by atoms with E-state index < -0.39 is 6.04 Å². The number of nitrogens with zero attached hydrogens (tertiary/aromatic N) is 3. The van der Waals surface area contributed by atoms with Gasteiger partial charge in [-0.3, -0.25) is 0 Å². The van der Waals surface area contributed by atoms with Crippen molar-refractivity contribution < 1.29 is 9.13 Å². The first-order valence-electron chi connectivity index (χ1n) is 8.33. The zero-order chi connectivity index (χ0) is 19.0. The zero-order valence-electron chi connectivity index (χ0n) is 14.3. The van der Waals surface area contributed by atoms with Gasteiger partial charge >= 0.3 is 0 Å². The SMILES string of the molecule is CCOc1ccc(C2=CC(c3cc(Br)ccc3F)n3ncnc3N2)cc1Cl. The van der Waals surface area contributed by atoms with Crippen LogP contribution in [-0.4, -0.2) is 21.4 Å². The quantitative estimate of drug-likeness (QED) is 0.588. The van der Waals surface area contributed by atoms with Gasteiger partial charge in [-0.1, -0.05) is 27.5 Å². The molecule has 0 spiro atoms. The maximum atomic E-state index is 14.5. The summed E-state index contributed by atoms with van der Waals surface area (Å²) in [6.45, 7) is 2.44. The molecule has 27 heavy (non-hydrogen) atoms. The van der Waals surface area contributed by atoms with Gasteiger partial charge < -0.3 is 10.1 Å². The highest BCUT2D eigenvalue weighted by Gasteiger charge is 2.26. The molecule has 1 aliphatic rings. The van der Waals surface area contributed by atoms with Gasteiger partial charge in [0.25, 0.3) is 0 Å². The molecule has 0 fully saturated rings. The number of fused-ring (bicyclic) bond motifs is 1. The van der Waals surface area contributed by atoms with E-state index in [1.54, 1.807) is 16.8 Å². The molecule has 8 heteroatoms. The first kappa shape index (κ1) is 18.0. The normalized spacial score (nSPS) is 15.7. The maximum absolute atomic E-state index is 14.5. The molecule has 0 radical (unpaired) electrons. The second kappa shape index (κ2) is 7.32. The molecule has 5 nitrogen and oxygen atoms in total. The smallest absolute Gasteiger partial charge is 0.226 e. The molecule has 1 atom stereocenters.